The highest BCUT2D eigenvalue weighted by molar-refractivity contribution is 7.89. The maximum absolute atomic E-state index is 13.0. The first-order valence-electron chi connectivity index (χ1n) is 12.0. The van der Waals surface area contributed by atoms with Crippen LogP contribution in [0.1, 0.15) is 55.7 Å². The Morgan fingerprint density at radius 3 is 2.43 bits per heavy atom. The van der Waals surface area contributed by atoms with E-state index in [0.29, 0.717) is 47.8 Å². The summed E-state index contributed by atoms with van der Waals surface area (Å²) in [6.45, 7) is 2.73. The lowest BCUT2D eigenvalue weighted by Crippen LogP contribution is -2.42. The lowest BCUT2D eigenvalue weighted by atomic mass is 10.1. The van der Waals surface area contributed by atoms with Crippen molar-refractivity contribution in [2.75, 3.05) is 18.4 Å². The molecule has 2 aliphatic rings. The van der Waals surface area contributed by atoms with E-state index in [9.17, 15) is 18.5 Å². The zero-order chi connectivity index (χ0) is 24.6. The van der Waals surface area contributed by atoms with Crippen LogP contribution in [0, 0.1) is 18.3 Å². The van der Waals surface area contributed by atoms with E-state index in [1.54, 1.807) is 29.0 Å². The second-order valence-corrected chi connectivity index (χ2v) is 11.3. The van der Waals surface area contributed by atoms with E-state index >= 15 is 0 Å². The van der Waals surface area contributed by atoms with E-state index in [1.165, 1.54) is 4.31 Å². The Bertz CT molecular complexity index is 1450. The molecular formula is C25H28N6O3S. The molecule has 5 rings (SSSR count). The average molecular weight is 493 g/mol. The zero-order valence-electron chi connectivity index (χ0n) is 19.6. The summed E-state index contributed by atoms with van der Waals surface area (Å²) < 4.78 is 29.2. The maximum atomic E-state index is 13.0. The summed E-state index contributed by atoms with van der Waals surface area (Å²) in [6.07, 6.45) is 6.78. The van der Waals surface area contributed by atoms with Crippen LogP contribution in [-0.2, 0) is 10.0 Å². The number of nitrogens with one attached hydrogen (secondary N) is 1. The average Bonchev–Trinajstić information content (AvgIpc) is 3.39. The molecule has 2 fully saturated rings. The number of hydrogen-bond donors (Lipinski definition) is 1. The Morgan fingerprint density at radius 2 is 1.77 bits per heavy atom. The number of fused-ring (bicyclic) bond motifs is 1. The van der Waals surface area contributed by atoms with Crippen molar-refractivity contribution >= 4 is 27.0 Å². The third kappa shape index (κ3) is 4.54. The van der Waals surface area contributed by atoms with Crippen LogP contribution in [0.4, 0.5) is 5.95 Å². The molecule has 0 spiro atoms. The molecule has 0 radical (unpaired) electrons. The number of hydrogen-bond acceptors (Lipinski definition) is 7. The second-order valence-electron chi connectivity index (χ2n) is 9.39. The Balaban J connectivity index is 1.34. The van der Waals surface area contributed by atoms with Crippen LogP contribution in [0.15, 0.2) is 46.2 Å². The van der Waals surface area contributed by atoms with Crippen LogP contribution < -0.4 is 10.9 Å². The molecule has 1 N–H and O–H groups in total. The minimum atomic E-state index is -3.52. The van der Waals surface area contributed by atoms with E-state index < -0.39 is 10.0 Å². The lowest BCUT2D eigenvalue weighted by molar-refractivity contribution is 0.329. The predicted molar refractivity (Wildman–Crippen MR) is 133 cm³/mol. The number of rotatable bonds is 5. The number of pyridine rings is 1. The highest BCUT2D eigenvalue weighted by atomic mass is 32.2. The second kappa shape index (κ2) is 9.40. The van der Waals surface area contributed by atoms with E-state index in [2.05, 4.69) is 15.3 Å². The third-order valence-electron chi connectivity index (χ3n) is 7.03. The van der Waals surface area contributed by atoms with Gasteiger partial charge in [-0.2, -0.15) is 14.6 Å². The molecule has 35 heavy (non-hydrogen) atoms. The molecule has 1 aromatic carbocycles. The van der Waals surface area contributed by atoms with Gasteiger partial charge in [0.25, 0.3) is 5.56 Å². The van der Waals surface area contributed by atoms with Crippen molar-refractivity contribution in [1.29, 1.82) is 5.26 Å². The minimum Gasteiger partial charge on any atom is -0.351 e. The highest BCUT2D eigenvalue weighted by Crippen LogP contribution is 2.31. The Morgan fingerprint density at radius 1 is 1.09 bits per heavy atom. The first-order chi connectivity index (χ1) is 16.9. The molecule has 2 aromatic heterocycles. The van der Waals surface area contributed by atoms with Gasteiger partial charge < -0.3 is 5.32 Å². The molecule has 1 aliphatic heterocycles. The largest absolute Gasteiger partial charge is 0.351 e. The van der Waals surface area contributed by atoms with Gasteiger partial charge in [0.1, 0.15) is 17.3 Å². The molecular weight excluding hydrogens is 464 g/mol. The summed E-state index contributed by atoms with van der Waals surface area (Å²) in [4.78, 5) is 22.4. The summed E-state index contributed by atoms with van der Waals surface area (Å²) in [5.74, 6) is 0.410. The van der Waals surface area contributed by atoms with Gasteiger partial charge in [-0.1, -0.05) is 30.5 Å². The topological polar surface area (TPSA) is 121 Å². The summed E-state index contributed by atoms with van der Waals surface area (Å²) in [6, 6.07) is 10.5. The fourth-order valence-electron chi connectivity index (χ4n) is 5.05. The normalized spacial score (nSPS) is 18.1. The van der Waals surface area contributed by atoms with Gasteiger partial charge in [0.15, 0.2) is 0 Å². The highest BCUT2D eigenvalue weighted by Gasteiger charge is 2.30. The molecule has 0 atom stereocenters. The van der Waals surface area contributed by atoms with Gasteiger partial charge in [-0.05, 0) is 50.8 Å². The van der Waals surface area contributed by atoms with Crippen LogP contribution in [0.2, 0.25) is 0 Å². The summed E-state index contributed by atoms with van der Waals surface area (Å²) in [5, 5.41) is 13.4. The van der Waals surface area contributed by atoms with Crippen LogP contribution in [0.3, 0.4) is 0 Å². The van der Waals surface area contributed by atoms with Crippen molar-refractivity contribution in [3.05, 3.63) is 58.0 Å². The zero-order valence-corrected chi connectivity index (χ0v) is 20.5. The van der Waals surface area contributed by atoms with Crippen LogP contribution in [0.5, 0.6) is 0 Å². The Kier molecular flexibility index (Phi) is 6.30. The van der Waals surface area contributed by atoms with Gasteiger partial charge in [0.2, 0.25) is 16.0 Å². The number of aromatic nitrogens is 3. The first-order valence-corrected chi connectivity index (χ1v) is 13.5. The molecule has 182 valence electrons. The lowest BCUT2D eigenvalue weighted by Gasteiger charge is -2.31. The smallest absolute Gasteiger partial charge is 0.270 e. The van der Waals surface area contributed by atoms with Gasteiger partial charge in [0, 0.05) is 36.8 Å². The van der Waals surface area contributed by atoms with Crippen molar-refractivity contribution in [3.8, 4) is 6.07 Å². The van der Waals surface area contributed by atoms with E-state index in [-0.39, 0.29) is 23.2 Å². The standard InChI is InChI=1S/C25H28N6O3S/c1-17-6-8-22(9-7-17)35(33,34)30-12-10-20(11-13-30)28-25-27-16-19-14-18(15-26)24(32)31(23(19)29-25)21-4-2-3-5-21/h6-9,14,16,20-21H,2-5,10-13H2,1H3,(H,27,28,29). The summed E-state index contributed by atoms with van der Waals surface area (Å²) in [7, 11) is -3.52. The predicted octanol–water partition coefficient (Wildman–Crippen LogP) is 3.35. The molecule has 0 unspecified atom stereocenters. The molecule has 0 bridgehead atoms. The molecule has 10 heteroatoms. The summed E-state index contributed by atoms with van der Waals surface area (Å²) in [5.41, 5.74) is 1.37. The number of nitrogens with zero attached hydrogens (tertiary/aromatic N) is 5. The van der Waals surface area contributed by atoms with Gasteiger partial charge in [-0.3, -0.25) is 9.36 Å². The Hall–Kier alpha value is -3.29. The maximum Gasteiger partial charge on any atom is 0.270 e. The first kappa shape index (κ1) is 23.5. The molecule has 1 aliphatic carbocycles. The van der Waals surface area contributed by atoms with Crippen molar-refractivity contribution in [2.45, 2.75) is 62.4 Å². The number of sulfonamides is 1. The molecule has 3 heterocycles. The third-order valence-corrected chi connectivity index (χ3v) is 8.94. The molecule has 9 nitrogen and oxygen atoms in total. The van der Waals surface area contributed by atoms with Crippen molar-refractivity contribution in [2.24, 2.45) is 0 Å². The number of anilines is 1. The van der Waals surface area contributed by atoms with Gasteiger partial charge in [-0.25, -0.2) is 13.4 Å². The van der Waals surface area contributed by atoms with Crippen molar-refractivity contribution in [3.63, 3.8) is 0 Å². The van der Waals surface area contributed by atoms with Gasteiger partial charge in [-0.15, -0.1) is 0 Å². The van der Waals surface area contributed by atoms with Crippen LogP contribution in [-0.4, -0.2) is 46.4 Å². The van der Waals surface area contributed by atoms with Crippen molar-refractivity contribution < 1.29 is 8.42 Å². The van der Waals surface area contributed by atoms with E-state index in [1.807, 2.05) is 25.1 Å². The van der Waals surface area contributed by atoms with Crippen LogP contribution in [0.25, 0.3) is 11.0 Å². The van der Waals surface area contributed by atoms with Crippen LogP contribution >= 0.6 is 0 Å². The number of piperidine rings is 1. The number of benzene rings is 1. The monoisotopic (exact) mass is 492 g/mol. The van der Waals surface area contributed by atoms with Gasteiger partial charge in [0.05, 0.1) is 4.90 Å². The van der Waals surface area contributed by atoms with Crippen molar-refractivity contribution in [1.82, 2.24) is 18.8 Å². The molecule has 3 aromatic rings. The van der Waals surface area contributed by atoms with E-state index in [4.69, 9.17) is 0 Å². The van der Waals surface area contributed by atoms with E-state index in [0.717, 1.165) is 31.2 Å². The SMILES string of the molecule is Cc1ccc(S(=O)(=O)N2CCC(Nc3ncc4cc(C#N)c(=O)n(C5CCCC5)c4n3)CC2)cc1. The van der Waals surface area contributed by atoms with Gasteiger partial charge >= 0.3 is 0 Å². The fraction of sp³-hybridized carbons (Fsp3) is 0.440. The quantitative estimate of drug-likeness (QED) is 0.580. The molecule has 0 amide bonds. The fourth-order valence-corrected chi connectivity index (χ4v) is 6.52. The number of aryl methyl sites for hydroxylation is 1. The molecule has 1 saturated carbocycles. The molecule has 1 saturated heterocycles. The number of nitriles is 1. The summed E-state index contributed by atoms with van der Waals surface area (Å²) >= 11 is 0. The minimum absolute atomic E-state index is 0.0157. The Labute approximate surface area is 204 Å².